The zero-order valence-electron chi connectivity index (χ0n) is 11.5. The van der Waals surface area contributed by atoms with Crippen LogP contribution in [0.25, 0.3) is 0 Å². The van der Waals surface area contributed by atoms with Crippen molar-refractivity contribution < 1.29 is 9.90 Å². The van der Waals surface area contributed by atoms with Gasteiger partial charge in [-0.25, -0.2) is 0 Å². The normalized spacial score (nSPS) is 12.8. The summed E-state index contributed by atoms with van der Waals surface area (Å²) in [6.07, 6.45) is 3.22. The van der Waals surface area contributed by atoms with Crippen LogP contribution in [0.4, 0.5) is 0 Å². The second kappa shape index (κ2) is 10.5. The molecule has 0 bridgehead atoms. The summed E-state index contributed by atoms with van der Waals surface area (Å²) in [6.45, 7) is 8.06. The number of rotatable bonds is 10. The van der Waals surface area contributed by atoms with E-state index in [4.69, 9.17) is 5.11 Å². The number of hydrogen-bond donors (Lipinski definition) is 3. The van der Waals surface area contributed by atoms with Crippen LogP contribution in [0.5, 0.6) is 0 Å². The van der Waals surface area contributed by atoms with Crippen molar-refractivity contribution in [1.29, 1.82) is 0 Å². The minimum absolute atomic E-state index is 0.118. The third-order valence-electron chi connectivity index (χ3n) is 2.84. The van der Waals surface area contributed by atoms with Gasteiger partial charge in [-0.3, -0.25) is 4.79 Å². The van der Waals surface area contributed by atoms with Gasteiger partial charge in [0.05, 0.1) is 0 Å². The fourth-order valence-corrected chi connectivity index (χ4v) is 1.62. The van der Waals surface area contributed by atoms with Gasteiger partial charge in [0.2, 0.25) is 5.91 Å². The Balaban J connectivity index is 3.51. The van der Waals surface area contributed by atoms with Gasteiger partial charge in [-0.05, 0) is 25.3 Å². The Labute approximate surface area is 105 Å². The minimum Gasteiger partial charge on any atom is -0.396 e. The van der Waals surface area contributed by atoms with Crippen molar-refractivity contribution in [1.82, 2.24) is 10.6 Å². The molecule has 0 aromatic rings. The largest absolute Gasteiger partial charge is 0.396 e. The molecule has 0 aliphatic carbocycles. The third kappa shape index (κ3) is 10.3. The summed E-state index contributed by atoms with van der Waals surface area (Å²) < 4.78 is 0. The molecule has 0 aromatic carbocycles. The van der Waals surface area contributed by atoms with Gasteiger partial charge >= 0.3 is 0 Å². The van der Waals surface area contributed by atoms with E-state index >= 15 is 0 Å². The Morgan fingerprint density at radius 2 is 2.06 bits per heavy atom. The predicted molar refractivity (Wildman–Crippen MR) is 70.9 cm³/mol. The van der Waals surface area contributed by atoms with Gasteiger partial charge in [0.25, 0.3) is 0 Å². The minimum atomic E-state index is 0.118. The van der Waals surface area contributed by atoms with Crippen molar-refractivity contribution >= 4 is 5.91 Å². The highest BCUT2D eigenvalue weighted by Crippen LogP contribution is 2.05. The molecule has 1 amide bonds. The zero-order valence-corrected chi connectivity index (χ0v) is 11.5. The molecule has 1 unspecified atom stereocenters. The first kappa shape index (κ1) is 16.4. The summed E-state index contributed by atoms with van der Waals surface area (Å²) in [5, 5.41) is 15.1. The second-order valence-electron chi connectivity index (χ2n) is 4.80. The van der Waals surface area contributed by atoms with Crippen LogP contribution in [0.1, 0.15) is 46.5 Å². The van der Waals surface area contributed by atoms with Crippen molar-refractivity contribution in [2.24, 2.45) is 5.92 Å². The van der Waals surface area contributed by atoms with E-state index in [1.54, 1.807) is 0 Å². The van der Waals surface area contributed by atoms with Crippen LogP contribution >= 0.6 is 0 Å². The monoisotopic (exact) mass is 244 g/mol. The molecule has 0 saturated heterocycles. The van der Waals surface area contributed by atoms with E-state index in [0.29, 0.717) is 24.9 Å². The quantitative estimate of drug-likeness (QED) is 0.507. The number of aliphatic hydroxyl groups excluding tert-OH is 1. The van der Waals surface area contributed by atoms with Crippen molar-refractivity contribution in [2.45, 2.75) is 52.5 Å². The van der Waals surface area contributed by atoms with Crippen LogP contribution in [-0.4, -0.2) is 36.8 Å². The van der Waals surface area contributed by atoms with Crippen LogP contribution in [-0.2, 0) is 4.79 Å². The number of amides is 1. The summed E-state index contributed by atoms with van der Waals surface area (Å²) in [4.78, 5) is 11.5. The SMILES string of the molecule is CCC(CCO)CNC(=O)CCCNC(C)C. The molecule has 0 heterocycles. The van der Waals surface area contributed by atoms with Gasteiger partial charge in [0.15, 0.2) is 0 Å². The lowest BCUT2D eigenvalue weighted by molar-refractivity contribution is -0.121. The lowest BCUT2D eigenvalue weighted by atomic mass is 10.0. The third-order valence-corrected chi connectivity index (χ3v) is 2.84. The molecule has 102 valence electrons. The van der Waals surface area contributed by atoms with Gasteiger partial charge in [-0.1, -0.05) is 27.2 Å². The Kier molecular flexibility index (Phi) is 10.2. The Hall–Kier alpha value is -0.610. The molecule has 0 aromatic heterocycles. The molecule has 1 atom stereocenters. The van der Waals surface area contributed by atoms with E-state index < -0.39 is 0 Å². The maximum absolute atomic E-state index is 11.5. The van der Waals surface area contributed by atoms with E-state index in [-0.39, 0.29) is 12.5 Å². The van der Waals surface area contributed by atoms with Gasteiger partial charge in [0.1, 0.15) is 0 Å². The number of carbonyl (C=O) groups excluding carboxylic acids is 1. The molecular weight excluding hydrogens is 216 g/mol. The van der Waals surface area contributed by atoms with Crippen molar-refractivity contribution in [3.63, 3.8) is 0 Å². The van der Waals surface area contributed by atoms with E-state index in [0.717, 1.165) is 25.8 Å². The average Bonchev–Trinajstić information content (AvgIpc) is 2.29. The average molecular weight is 244 g/mol. The maximum atomic E-state index is 11.5. The second-order valence-corrected chi connectivity index (χ2v) is 4.80. The Morgan fingerprint density at radius 3 is 2.59 bits per heavy atom. The molecule has 4 heteroatoms. The molecule has 0 radical (unpaired) electrons. The predicted octanol–water partition coefficient (Wildman–Crippen LogP) is 1.29. The summed E-state index contributed by atoms with van der Waals surface area (Å²) in [6, 6.07) is 0.479. The highest BCUT2D eigenvalue weighted by atomic mass is 16.3. The standard InChI is InChI=1S/C13H28N2O2/c1-4-12(7-9-16)10-15-13(17)6-5-8-14-11(2)3/h11-12,14,16H,4-10H2,1-3H3,(H,15,17). The fourth-order valence-electron chi connectivity index (χ4n) is 1.62. The number of nitrogens with one attached hydrogen (secondary N) is 2. The summed E-state index contributed by atoms with van der Waals surface area (Å²) in [7, 11) is 0. The lowest BCUT2D eigenvalue weighted by Gasteiger charge is -2.14. The van der Waals surface area contributed by atoms with Crippen LogP contribution in [0.2, 0.25) is 0 Å². The van der Waals surface area contributed by atoms with Crippen LogP contribution < -0.4 is 10.6 Å². The van der Waals surface area contributed by atoms with E-state index in [1.807, 2.05) is 0 Å². The highest BCUT2D eigenvalue weighted by Gasteiger charge is 2.07. The first-order valence-electron chi connectivity index (χ1n) is 6.71. The first-order chi connectivity index (χ1) is 8.10. The molecule has 0 saturated carbocycles. The smallest absolute Gasteiger partial charge is 0.220 e. The van der Waals surface area contributed by atoms with Crippen molar-refractivity contribution in [3.05, 3.63) is 0 Å². The molecule has 0 fully saturated rings. The zero-order chi connectivity index (χ0) is 13.1. The molecule has 0 rings (SSSR count). The Morgan fingerprint density at radius 1 is 1.35 bits per heavy atom. The van der Waals surface area contributed by atoms with Crippen LogP contribution in [0, 0.1) is 5.92 Å². The summed E-state index contributed by atoms with van der Waals surface area (Å²) in [5.74, 6) is 0.518. The van der Waals surface area contributed by atoms with E-state index in [2.05, 4.69) is 31.4 Å². The highest BCUT2D eigenvalue weighted by molar-refractivity contribution is 5.75. The summed E-state index contributed by atoms with van der Waals surface area (Å²) in [5.41, 5.74) is 0. The molecular formula is C13H28N2O2. The van der Waals surface area contributed by atoms with Gasteiger partial charge in [0, 0.05) is 25.6 Å². The maximum Gasteiger partial charge on any atom is 0.220 e. The van der Waals surface area contributed by atoms with Crippen molar-refractivity contribution in [2.75, 3.05) is 19.7 Å². The van der Waals surface area contributed by atoms with Crippen molar-refractivity contribution in [3.8, 4) is 0 Å². The number of hydrogen-bond acceptors (Lipinski definition) is 3. The fraction of sp³-hybridized carbons (Fsp3) is 0.923. The van der Waals surface area contributed by atoms with Crippen LogP contribution in [0.15, 0.2) is 0 Å². The van der Waals surface area contributed by atoms with Gasteiger partial charge in [-0.2, -0.15) is 0 Å². The topological polar surface area (TPSA) is 61.4 Å². The number of aliphatic hydroxyl groups is 1. The Bertz CT molecular complexity index is 196. The van der Waals surface area contributed by atoms with E-state index in [9.17, 15) is 4.79 Å². The van der Waals surface area contributed by atoms with Gasteiger partial charge < -0.3 is 15.7 Å². The molecule has 0 aliphatic heterocycles. The molecule has 4 nitrogen and oxygen atoms in total. The molecule has 0 spiro atoms. The van der Waals surface area contributed by atoms with Crippen LogP contribution in [0.3, 0.4) is 0 Å². The number of carbonyl (C=O) groups is 1. The summed E-state index contributed by atoms with van der Waals surface area (Å²) >= 11 is 0. The molecule has 3 N–H and O–H groups in total. The molecule has 17 heavy (non-hydrogen) atoms. The first-order valence-corrected chi connectivity index (χ1v) is 6.71. The van der Waals surface area contributed by atoms with Gasteiger partial charge in [-0.15, -0.1) is 0 Å². The van der Waals surface area contributed by atoms with E-state index in [1.165, 1.54) is 0 Å². The lowest BCUT2D eigenvalue weighted by Crippen LogP contribution is -2.30. The molecule has 0 aliphatic rings.